The number of nitrogens with zero attached hydrogens (tertiary/aromatic N) is 2. The van der Waals surface area contributed by atoms with Crippen LogP contribution >= 0.6 is 0 Å². The molecule has 0 saturated heterocycles. The molecule has 0 amide bonds. The molecule has 0 radical (unpaired) electrons. The van der Waals surface area contributed by atoms with E-state index in [2.05, 4.69) is 46.5 Å². The van der Waals surface area contributed by atoms with Crippen LogP contribution < -0.4 is 4.98 Å². The standard InChI is InChI=1S/C14H30FN3Si/c1-12(2,3)16-19(15)17(13(4,5)6)10-11-18(19)14(7,8)9/h10-11,16H,1-9H3. The van der Waals surface area contributed by atoms with Crippen LogP contribution in [0.1, 0.15) is 62.3 Å². The molecular formula is C14H30FN3Si. The number of nitrogens with one attached hydrogen (secondary N) is 1. The average Bonchev–Trinajstić information content (AvgIpc) is 2.35. The zero-order chi connectivity index (χ0) is 15.3. The van der Waals surface area contributed by atoms with Crippen molar-refractivity contribution in [3.63, 3.8) is 0 Å². The molecule has 19 heavy (non-hydrogen) atoms. The molecule has 0 bridgehead atoms. The van der Waals surface area contributed by atoms with E-state index >= 15 is 4.11 Å². The highest BCUT2D eigenvalue weighted by molar-refractivity contribution is 6.66. The first-order chi connectivity index (χ1) is 8.18. The Balaban J connectivity index is 3.22. The number of hydrogen-bond donors (Lipinski definition) is 1. The van der Waals surface area contributed by atoms with Crippen LogP contribution in [0.25, 0.3) is 0 Å². The Morgan fingerprint density at radius 2 is 1.11 bits per heavy atom. The van der Waals surface area contributed by atoms with Gasteiger partial charge in [0.2, 0.25) is 0 Å². The molecule has 0 atom stereocenters. The lowest BCUT2D eigenvalue weighted by Gasteiger charge is -2.49. The van der Waals surface area contributed by atoms with Crippen LogP contribution in [0.2, 0.25) is 0 Å². The van der Waals surface area contributed by atoms with Gasteiger partial charge < -0.3 is 9.13 Å². The molecule has 0 unspecified atom stereocenters. The first kappa shape index (κ1) is 16.5. The third-order valence-electron chi connectivity index (χ3n) is 2.98. The first-order valence-corrected chi connectivity index (χ1v) is 8.71. The normalized spacial score (nSPS) is 20.3. The molecule has 0 aromatic heterocycles. The summed E-state index contributed by atoms with van der Waals surface area (Å²) >= 11 is 0. The van der Waals surface area contributed by atoms with Crippen molar-refractivity contribution in [2.45, 2.75) is 78.9 Å². The van der Waals surface area contributed by atoms with Crippen molar-refractivity contribution in [1.82, 2.24) is 14.1 Å². The van der Waals surface area contributed by atoms with E-state index in [0.717, 1.165) is 0 Å². The molecule has 3 nitrogen and oxygen atoms in total. The van der Waals surface area contributed by atoms with Gasteiger partial charge in [0.15, 0.2) is 0 Å². The van der Waals surface area contributed by atoms with Gasteiger partial charge in [-0.3, -0.25) is 4.98 Å². The molecule has 0 spiro atoms. The molecule has 0 fully saturated rings. The lowest BCUT2D eigenvalue weighted by molar-refractivity contribution is 0.210. The Hall–Kier alpha value is -0.553. The van der Waals surface area contributed by atoms with Gasteiger partial charge in [-0.25, -0.2) is 4.11 Å². The van der Waals surface area contributed by atoms with Crippen LogP contribution in [-0.2, 0) is 0 Å². The predicted molar refractivity (Wildman–Crippen MR) is 82.1 cm³/mol. The van der Waals surface area contributed by atoms with Crippen LogP contribution in [0.3, 0.4) is 0 Å². The molecule has 1 rings (SSSR count). The van der Waals surface area contributed by atoms with Gasteiger partial charge in [0.05, 0.1) is 0 Å². The van der Waals surface area contributed by atoms with Gasteiger partial charge >= 0.3 is 8.89 Å². The summed E-state index contributed by atoms with van der Waals surface area (Å²) in [6.07, 6.45) is 3.80. The largest absolute Gasteiger partial charge is 0.549 e. The third kappa shape index (κ3) is 3.51. The van der Waals surface area contributed by atoms with Crippen molar-refractivity contribution in [3.05, 3.63) is 12.4 Å². The molecule has 0 saturated carbocycles. The summed E-state index contributed by atoms with van der Waals surface area (Å²) < 4.78 is 19.7. The fraction of sp³-hybridized carbons (Fsp3) is 0.857. The summed E-state index contributed by atoms with van der Waals surface area (Å²) in [7, 11) is -3.45. The zero-order valence-electron chi connectivity index (χ0n) is 13.9. The van der Waals surface area contributed by atoms with Crippen LogP contribution in [0.4, 0.5) is 4.11 Å². The van der Waals surface area contributed by atoms with E-state index in [4.69, 9.17) is 0 Å². The van der Waals surface area contributed by atoms with E-state index in [1.165, 1.54) is 0 Å². The average molecular weight is 287 g/mol. The van der Waals surface area contributed by atoms with Crippen molar-refractivity contribution in [2.75, 3.05) is 0 Å². The first-order valence-electron chi connectivity index (χ1n) is 6.93. The molecule has 0 aliphatic carbocycles. The van der Waals surface area contributed by atoms with E-state index in [1.807, 2.05) is 42.3 Å². The lowest BCUT2D eigenvalue weighted by atomic mass is 10.1. The predicted octanol–water partition coefficient (Wildman–Crippen LogP) is 3.47. The molecular weight excluding hydrogens is 257 g/mol. The minimum Gasteiger partial charge on any atom is -0.344 e. The summed E-state index contributed by atoms with van der Waals surface area (Å²) in [6, 6.07) is 0. The molecule has 0 aromatic rings. The molecule has 112 valence electrons. The molecule has 1 aliphatic heterocycles. The maximum atomic E-state index is 15.9. The fourth-order valence-corrected chi connectivity index (χ4v) is 6.11. The highest BCUT2D eigenvalue weighted by Gasteiger charge is 2.58. The van der Waals surface area contributed by atoms with Crippen LogP contribution in [0.5, 0.6) is 0 Å². The zero-order valence-corrected chi connectivity index (χ0v) is 14.9. The van der Waals surface area contributed by atoms with Crippen LogP contribution in [-0.4, -0.2) is 34.6 Å². The van der Waals surface area contributed by atoms with Crippen molar-refractivity contribution in [1.29, 1.82) is 0 Å². The van der Waals surface area contributed by atoms with Crippen molar-refractivity contribution < 1.29 is 4.11 Å². The minimum atomic E-state index is -3.45. The lowest BCUT2D eigenvalue weighted by Crippen LogP contribution is -2.75. The van der Waals surface area contributed by atoms with E-state index in [1.54, 1.807) is 0 Å². The minimum absolute atomic E-state index is 0.240. The van der Waals surface area contributed by atoms with Gasteiger partial charge in [0.25, 0.3) is 0 Å². The van der Waals surface area contributed by atoms with E-state index in [0.29, 0.717) is 0 Å². The van der Waals surface area contributed by atoms with Gasteiger partial charge in [-0.2, -0.15) is 0 Å². The van der Waals surface area contributed by atoms with Gasteiger partial charge in [-0.05, 0) is 62.3 Å². The summed E-state index contributed by atoms with van der Waals surface area (Å²) in [6.45, 7) is 18.4. The van der Waals surface area contributed by atoms with Gasteiger partial charge in [-0.1, -0.05) is 0 Å². The second-order valence-electron chi connectivity index (χ2n) is 8.34. The van der Waals surface area contributed by atoms with Gasteiger partial charge in [0.1, 0.15) is 0 Å². The third-order valence-corrected chi connectivity index (χ3v) is 6.97. The van der Waals surface area contributed by atoms with E-state index < -0.39 is 8.89 Å². The van der Waals surface area contributed by atoms with Crippen molar-refractivity contribution in [2.24, 2.45) is 0 Å². The second kappa shape index (κ2) is 4.48. The Morgan fingerprint density at radius 3 is 1.32 bits per heavy atom. The molecule has 0 aromatic carbocycles. The maximum Gasteiger partial charge on any atom is 0.549 e. The second-order valence-corrected chi connectivity index (χ2v) is 10.7. The maximum absolute atomic E-state index is 15.9. The Bertz CT molecular complexity index is 336. The molecule has 1 aliphatic rings. The van der Waals surface area contributed by atoms with Crippen molar-refractivity contribution in [3.8, 4) is 0 Å². The highest BCUT2D eigenvalue weighted by Crippen LogP contribution is 2.35. The number of rotatable bonds is 1. The van der Waals surface area contributed by atoms with E-state index in [-0.39, 0.29) is 16.6 Å². The van der Waals surface area contributed by atoms with Gasteiger partial charge in [-0.15, -0.1) is 0 Å². The highest BCUT2D eigenvalue weighted by atomic mass is 28.4. The number of hydrogen-bond acceptors (Lipinski definition) is 3. The molecule has 1 N–H and O–H groups in total. The summed E-state index contributed by atoms with van der Waals surface area (Å²) in [4.78, 5) is 3.27. The molecule has 1 heterocycles. The Morgan fingerprint density at radius 1 is 0.789 bits per heavy atom. The van der Waals surface area contributed by atoms with E-state index in [9.17, 15) is 0 Å². The Kier molecular flexibility index (Phi) is 3.89. The smallest absolute Gasteiger partial charge is 0.344 e. The van der Waals surface area contributed by atoms with Crippen molar-refractivity contribution >= 4 is 8.89 Å². The van der Waals surface area contributed by atoms with Crippen LogP contribution in [0, 0.1) is 0 Å². The van der Waals surface area contributed by atoms with Gasteiger partial charge in [0, 0.05) is 29.0 Å². The summed E-state index contributed by atoms with van der Waals surface area (Å²) in [5.74, 6) is 0. The summed E-state index contributed by atoms with van der Waals surface area (Å²) in [5.41, 5.74) is -0.745. The number of halogens is 1. The summed E-state index contributed by atoms with van der Waals surface area (Å²) in [5, 5.41) is 0. The SMILES string of the molecule is CC(C)(C)N[Si]1(F)N(C(C)(C)C)C=CN1C(C)(C)C. The monoisotopic (exact) mass is 287 g/mol. The van der Waals surface area contributed by atoms with Crippen LogP contribution in [0.15, 0.2) is 12.4 Å². The Labute approximate surface area is 119 Å². The fourth-order valence-electron chi connectivity index (χ4n) is 2.38. The molecule has 5 heteroatoms. The topological polar surface area (TPSA) is 18.5 Å². The quantitative estimate of drug-likeness (QED) is 0.588.